The Hall–Kier alpha value is -3.69. The van der Waals surface area contributed by atoms with Gasteiger partial charge in [-0.15, -0.1) is 5.10 Å². The second kappa shape index (κ2) is 10.3. The smallest absolute Gasteiger partial charge is 0.248 e. The maximum atomic E-state index is 14.8. The Labute approximate surface area is 202 Å². The van der Waals surface area contributed by atoms with E-state index < -0.39 is 36.1 Å². The average Bonchev–Trinajstić information content (AvgIpc) is 3.52. The summed E-state index contributed by atoms with van der Waals surface area (Å²) in [4.78, 5) is 27.7. The molecule has 184 valence electrons. The van der Waals surface area contributed by atoms with E-state index in [1.54, 1.807) is 19.1 Å². The van der Waals surface area contributed by atoms with Crippen molar-refractivity contribution in [3.05, 3.63) is 77.4 Å². The summed E-state index contributed by atoms with van der Waals surface area (Å²) in [6.45, 7) is 5.20. The number of carbonyl (C=O) groups excluding carboxylic acids is 2. The highest BCUT2D eigenvalue weighted by molar-refractivity contribution is 5.90. The Kier molecular flexibility index (Phi) is 7.18. The third kappa shape index (κ3) is 5.21. The molecule has 0 saturated carbocycles. The standard InChI is InChI=1S/C25H28F2N6O2/c1-15(2)20-10-9-18(11-21(20)27)23(17-7-5-4-6-8-17)29-24(34)22-12-19(26)13-32(22)25(35)16(3)33-14-28-30-31-33/h4-11,14-16,19,22-23H,12-13H2,1-3H3,(H,29,34)/t16?,19-,22+,23+/m1/s1. The molecule has 1 N–H and O–H groups in total. The van der Waals surface area contributed by atoms with Gasteiger partial charge < -0.3 is 10.2 Å². The van der Waals surface area contributed by atoms with Gasteiger partial charge in [-0.3, -0.25) is 9.59 Å². The van der Waals surface area contributed by atoms with Crippen molar-refractivity contribution in [1.29, 1.82) is 0 Å². The van der Waals surface area contributed by atoms with Crippen LogP contribution in [0.1, 0.15) is 61.9 Å². The van der Waals surface area contributed by atoms with Gasteiger partial charge in [0.1, 0.15) is 30.4 Å². The highest BCUT2D eigenvalue weighted by Crippen LogP contribution is 2.29. The number of tetrazole rings is 1. The summed E-state index contributed by atoms with van der Waals surface area (Å²) in [7, 11) is 0. The summed E-state index contributed by atoms with van der Waals surface area (Å²) in [5.74, 6) is -1.31. The van der Waals surface area contributed by atoms with Gasteiger partial charge in [0, 0.05) is 6.42 Å². The van der Waals surface area contributed by atoms with Crippen LogP contribution in [-0.2, 0) is 9.59 Å². The number of hydrogen-bond donors (Lipinski definition) is 1. The molecule has 4 rings (SSSR count). The van der Waals surface area contributed by atoms with E-state index in [1.807, 2.05) is 44.2 Å². The molecule has 35 heavy (non-hydrogen) atoms. The Balaban J connectivity index is 1.61. The number of alkyl halides is 1. The largest absolute Gasteiger partial charge is 0.343 e. The molecule has 1 saturated heterocycles. The van der Waals surface area contributed by atoms with Crippen LogP contribution in [0.25, 0.3) is 0 Å². The molecule has 0 bridgehead atoms. The average molecular weight is 483 g/mol. The second-order valence-corrected chi connectivity index (χ2v) is 9.09. The predicted molar refractivity (Wildman–Crippen MR) is 124 cm³/mol. The van der Waals surface area contributed by atoms with E-state index >= 15 is 0 Å². The number of halogens is 2. The molecule has 0 radical (unpaired) electrons. The Bertz CT molecular complexity index is 1170. The maximum absolute atomic E-state index is 14.8. The first-order valence-corrected chi connectivity index (χ1v) is 11.6. The molecule has 0 aliphatic carbocycles. The van der Waals surface area contributed by atoms with Gasteiger partial charge in [-0.1, -0.05) is 56.3 Å². The van der Waals surface area contributed by atoms with Crippen LogP contribution in [-0.4, -0.2) is 55.7 Å². The number of rotatable bonds is 7. The van der Waals surface area contributed by atoms with Crippen LogP contribution in [0.2, 0.25) is 0 Å². The number of carbonyl (C=O) groups is 2. The zero-order chi connectivity index (χ0) is 25.1. The fourth-order valence-corrected chi connectivity index (χ4v) is 4.41. The molecule has 3 aromatic rings. The van der Waals surface area contributed by atoms with E-state index in [2.05, 4.69) is 20.8 Å². The molecule has 2 heterocycles. The zero-order valence-corrected chi connectivity index (χ0v) is 19.8. The van der Waals surface area contributed by atoms with Gasteiger partial charge in [-0.05, 0) is 46.0 Å². The monoisotopic (exact) mass is 482 g/mol. The predicted octanol–water partition coefficient (Wildman–Crippen LogP) is 3.34. The van der Waals surface area contributed by atoms with Crippen molar-refractivity contribution in [2.75, 3.05) is 6.54 Å². The quantitative estimate of drug-likeness (QED) is 0.558. The van der Waals surface area contributed by atoms with Crippen LogP contribution in [0.3, 0.4) is 0 Å². The van der Waals surface area contributed by atoms with E-state index in [9.17, 15) is 18.4 Å². The molecule has 1 unspecified atom stereocenters. The molecule has 4 atom stereocenters. The van der Waals surface area contributed by atoms with Crippen LogP contribution in [0, 0.1) is 5.82 Å². The fraction of sp³-hybridized carbons (Fsp3) is 0.400. The molecular weight excluding hydrogens is 454 g/mol. The van der Waals surface area contributed by atoms with E-state index in [0.29, 0.717) is 11.1 Å². The SMILES string of the molecule is CC(C)c1ccc([C@@H](NC(=O)[C@@H]2C[C@@H](F)CN2C(=O)C(C)n2cnnn2)c2ccccc2)cc1F. The van der Waals surface area contributed by atoms with Crippen molar-refractivity contribution >= 4 is 11.8 Å². The summed E-state index contributed by atoms with van der Waals surface area (Å²) in [6, 6.07) is 11.6. The van der Waals surface area contributed by atoms with Crippen molar-refractivity contribution in [3.63, 3.8) is 0 Å². The van der Waals surface area contributed by atoms with Gasteiger partial charge in [0.05, 0.1) is 12.6 Å². The van der Waals surface area contributed by atoms with Gasteiger partial charge in [0.2, 0.25) is 11.8 Å². The number of benzene rings is 2. The van der Waals surface area contributed by atoms with Crippen LogP contribution < -0.4 is 5.32 Å². The third-order valence-corrected chi connectivity index (χ3v) is 6.35. The first-order valence-electron chi connectivity index (χ1n) is 11.6. The molecule has 1 aliphatic rings. The number of nitrogens with zero attached hydrogens (tertiary/aromatic N) is 5. The van der Waals surface area contributed by atoms with E-state index in [1.165, 1.54) is 22.0 Å². The summed E-state index contributed by atoms with van der Waals surface area (Å²) in [5, 5.41) is 13.7. The van der Waals surface area contributed by atoms with Crippen molar-refractivity contribution in [3.8, 4) is 0 Å². The van der Waals surface area contributed by atoms with Crippen molar-refractivity contribution in [1.82, 2.24) is 30.4 Å². The van der Waals surface area contributed by atoms with Crippen LogP contribution in [0.4, 0.5) is 8.78 Å². The second-order valence-electron chi connectivity index (χ2n) is 9.09. The number of amides is 2. The first kappa shape index (κ1) is 24.4. The van der Waals surface area contributed by atoms with Gasteiger partial charge in [0.25, 0.3) is 0 Å². The minimum Gasteiger partial charge on any atom is -0.343 e. The van der Waals surface area contributed by atoms with Crippen LogP contribution >= 0.6 is 0 Å². The lowest BCUT2D eigenvalue weighted by atomic mass is 9.94. The molecule has 2 amide bonds. The number of nitrogens with one attached hydrogen (secondary N) is 1. The fourth-order valence-electron chi connectivity index (χ4n) is 4.41. The van der Waals surface area contributed by atoms with Gasteiger partial charge in [-0.2, -0.15) is 0 Å². The molecule has 1 fully saturated rings. The Morgan fingerprint density at radius 3 is 2.46 bits per heavy atom. The van der Waals surface area contributed by atoms with E-state index in [-0.39, 0.29) is 24.7 Å². The number of aromatic nitrogens is 4. The minimum absolute atomic E-state index is 0.00976. The highest BCUT2D eigenvalue weighted by atomic mass is 19.1. The number of hydrogen-bond acceptors (Lipinski definition) is 5. The third-order valence-electron chi connectivity index (χ3n) is 6.35. The lowest BCUT2D eigenvalue weighted by Gasteiger charge is -2.28. The van der Waals surface area contributed by atoms with E-state index in [4.69, 9.17) is 0 Å². The summed E-state index contributed by atoms with van der Waals surface area (Å²) >= 11 is 0. The first-order chi connectivity index (χ1) is 16.8. The van der Waals surface area contributed by atoms with Gasteiger partial charge in [0.15, 0.2) is 0 Å². The molecule has 0 spiro atoms. The molecule has 8 nitrogen and oxygen atoms in total. The van der Waals surface area contributed by atoms with Crippen LogP contribution in [0.5, 0.6) is 0 Å². The Morgan fingerprint density at radius 2 is 1.83 bits per heavy atom. The zero-order valence-electron chi connectivity index (χ0n) is 19.8. The molecular formula is C25H28F2N6O2. The lowest BCUT2D eigenvalue weighted by molar-refractivity contribution is -0.141. The minimum atomic E-state index is -1.34. The van der Waals surface area contributed by atoms with Crippen molar-refractivity contribution in [2.24, 2.45) is 0 Å². The number of likely N-dealkylation sites (tertiary alicyclic amines) is 1. The topological polar surface area (TPSA) is 93.0 Å². The summed E-state index contributed by atoms with van der Waals surface area (Å²) in [5.41, 5.74) is 1.88. The maximum Gasteiger partial charge on any atom is 0.248 e. The molecule has 1 aromatic heterocycles. The molecule has 2 aromatic carbocycles. The van der Waals surface area contributed by atoms with Gasteiger partial charge >= 0.3 is 0 Å². The molecule has 1 aliphatic heterocycles. The van der Waals surface area contributed by atoms with Gasteiger partial charge in [-0.25, -0.2) is 13.5 Å². The summed E-state index contributed by atoms with van der Waals surface area (Å²) in [6.07, 6.45) is -0.169. The Morgan fingerprint density at radius 1 is 1.09 bits per heavy atom. The van der Waals surface area contributed by atoms with Crippen molar-refractivity contribution < 1.29 is 18.4 Å². The highest BCUT2D eigenvalue weighted by Gasteiger charge is 2.42. The van der Waals surface area contributed by atoms with E-state index in [0.717, 1.165) is 5.56 Å². The normalized spacial score (nSPS) is 19.5. The van der Waals surface area contributed by atoms with Crippen LogP contribution in [0.15, 0.2) is 54.9 Å². The lowest BCUT2D eigenvalue weighted by Crippen LogP contribution is -2.48. The van der Waals surface area contributed by atoms with Crippen molar-refractivity contribution in [2.45, 2.75) is 57.4 Å². The molecule has 10 heteroatoms. The summed E-state index contributed by atoms with van der Waals surface area (Å²) < 4.78 is 30.5.